The van der Waals surface area contributed by atoms with E-state index in [1.165, 1.54) is 17.7 Å². The lowest BCUT2D eigenvalue weighted by Gasteiger charge is -2.19. The fourth-order valence-electron chi connectivity index (χ4n) is 2.72. The number of anilines is 1. The molecule has 1 aliphatic heterocycles. The molecule has 16 heavy (non-hydrogen) atoms. The van der Waals surface area contributed by atoms with E-state index in [0.29, 0.717) is 12.0 Å². The number of nitrogens with two attached hydrogens (primary N) is 1. The second-order valence-corrected chi connectivity index (χ2v) is 4.91. The zero-order chi connectivity index (χ0) is 11.5. The molecule has 0 aromatic heterocycles. The summed E-state index contributed by atoms with van der Waals surface area (Å²) in [5.41, 5.74) is 8.85. The summed E-state index contributed by atoms with van der Waals surface area (Å²) < 4.78 is 0. The van der Waals surface area contributed by atoms with Gasteiger partial charge in [0.2, 0.25) is 0 Å². The summed E-state index contributed by atoms with van der Waals surface area (Å²) in [5, 5.41) is 0. The van der Waals surface area contributed by atoms with Gasteiger partial charge in [0.25, 0.3) is 0 Å². The average Bonchev–Trinajstić information content (AvgIpc) is 2.58. The van der Waals surface area contributed by atoms with Crippen molar-refractivity contribution in [1.82, 2.24) is 0 Å². The van der Waals surface area contributed by atoms with Crippen LogP contribution in [0.25, 0.3) is 0 Å². The number of hydrogen-bond acceptors (Lipinski definition) is 2. The maximum atomic E-state index is 5.93. The van der Waals surface area contributed by atoms with Crippen LogP contribution in [0.2, 0.25) is 0 Å². The molecular formula is C14H22N2. The maximum Gasteiger partial charge on any atom is 0.0402 e. The molecular weight excluding hydrogens is 196 g/mol. The highest BCUT2D eigenvalue weighted by Gasteiger charge is 2.27. The first-order chi connectivity index (χ1) is 7.72. The first-order valence-corrected chi connectivity index (χ1v) is 6.31. The Morgan fingerprint density at radius 1 is 1.44 bits per heavy atom. The second-order valence-electron chi connectivity index (χ2n) is 4.91. The molecule has 0 saturated heterocycles. The van der Waals surface area contributed by atoms with Crippen molar-refractivity contribution in [3.63, 3.8) is 0 Å². The van der Waals surface area contributed by atoms with E-state index < -0.39 is 0 Å². The second kappa shape index (κ2) is 4.88. The van der Waals surface area contributed by atoms with Crippen molar-refractivity contribution >= 4 is 5.69 Å². The molecule has 0 aliphatic carbocycles. The van der Waals surface area contributed by atoms with E-state index >= 15 is 0 Å². The molecule has 0 saturated carbocycles. The van der Waals surface area contributed by atoms with E-state index in [9.17, 15) is 0 Å². The largest absolute Gasteiger partial charge is 0.371 e. The van der Waals surface area contributed by atoms with E-state index in [1.54, 1.807) is 0 Å². The van der Waals surface area contributed by atoms with Crippen molar-refractivity contribution in [2.75, 3.05) is 18.0 Å². The van der Waals surface area contributed by atoms with Gasteiger partial charge in [0.15, 0.2) is 0 Å². The molecule has 1 aromatic carbocycles. The van der Waals surface area contributed by atoms with Crippen molar-refractivity contribution in [2.24, 2.45) is 5.73 Å². The quantitative estimate of drug-likeness (QED) is 0.842. The Morgan fingerprint density at radius 3 is 2.88 bits per heavy atom. The molecule has 1 aromatic rings. The van der Waals surface area contributed by atoms with E-state index in [0.717, 1.165) is 19.5 Å². The normalized spacial score (nSPS) is 20.9. The number of hydrogen-bond donors (Lipinski definition) is 1. The van der Waals surface area contributed by atoms with Gasteiger partial charge in [-0.2, -0.15) is 0 Å². The zero-order valence-electron chi connectivity index (χ0n) is 10.3. The van der Waals surface area contributed by atoms with Crippen LogP contribution in [-0.2, 0) is 0 Å². The maximum absolute atomic E-state index is 5.93. The van der Waals surface area contributed by atoms with E-state index in [1.807, 2.05) is 0 Å². The summed E-state index contributed by atoms with van der Waals surface area (Å²) >= 11 is 0. The summed E-state index contributed by atoms with van der Waals surface area (Å²) in [4.78, 5) is 2.50. The lowest BCUT2D eigenvalue weighted by atomic mass is 9.95. The molecule has 2 N–H and O–H groups in total. The Balaban J connectivity index is 2.21. The van der Waals surface area contributed by atoms with E-state index in [4.69, 9.17) is 5.73 Å². The minimum atomic E-state index is 0.291. The average molecular weight is 218 g/mol. The molecule has 0 spiro atoms. The minimum absolute atomic E-state index is 0.291. The zero-order valence-corrected chi connectivity index (χ0v) is 10.3. The predicted octanol–water partition coefficient (Wildman–Crippen LogP) is 2.74. The van der Waals surface area contributed by atoms with Gasteiger partial charge in [0.05, 0.1) is 0 Å². The Labute approximate surface area is 98.4 Å². The molecule has 0 bridgehead atoms. The van der Waals surface area contributed by atoms with Crippen LogP contribution in [0.5, 0.6) is 0 Å². The Kier molecular flexibility index (Phi) is 3.49. The van der Waals surface area contributed by atoms with Crippen LogP contribution in [0.4, 0.5) is 5.69 Å². The van der Waals surface area contributed by atoms with Crippen LogP contribution in [0, 0.1) is 0 Å². The predicted molar refractivity (Wildman–Crippen MR) is 70.0 cm³/mol. The molecule has 0 fully saturated rings. The summed E-state index contributed by atoms with van der Waals surface area (Å²) in [6.45, 7) is 6.65. The lowest BCUT2D eigenvalue weighted by molar-refractivity contribution is 0.564. The van der Waals surface area contributed by atoms with Gasteiger partial charge in [0.1, 0.15) is 0 Å². The third-order valence-corrected chi connectivity index (χ3v) is 3.31. The van der Waals surface area contributed by atoms with Gasteiger partial charge in [-0.25, -0.2) is 0 Å². The molecule has 2 heteroatoms. The fraction of sp³-hybridized carbons (Fsp3) is 0.571. The van der Waals surface area contributed by atoms with Crippen LogP contribution >= 0.6 is 0 Å². The van der Waals surface area contributed by atoms with Crippen molar-refractivity contribution in [1.29, 1.82) is 0 Å². The summed E-state index contributed by atoms with van der Waals surface area (Å²) in [5.74, 6) is 0.628. The van der Waals surface area contributed by atoms with Gasteiger partial charge in [-0.3, -0.25) is 0 Å². The molecule has 1 aliphatic rings. The van der Waals surface area contributed by atoms with Crippen molar-refractivity contribution in [3.8, 4) is 0 Å². The fourth-order valence-corrected chi connectivity index (χ4v) is 2.72. The highest BCUT2D eigenvalue weighted by atomic mass is 15.2. The van der Waals surface area contributed by atoms with Gasteiger partial charge in [0, 0.05) is 30.7 Å². The number of fused-ring (bicyclic) bond motifs is 1. The SMILES string of the molecule is CCCN1CC(CC(C)N)c2ccccc21. The van der Waals surface area contributed by atoms with Crippen LogP contribution < -0.4 is 10.6 Å². The smallest absolute Gasteiger partial charge is 0.0402 e. The van der Waals surface area contributed by atoms with E-state index in [2.05, 4.69) is 43.0 Å². The molecule has 2 nitrogen and oxygen atoms in total. The van der Waals surface area contributed by atoms with Crippen molar-refractivity contribution in [3.05, 3.63) is 29.8 Å². The van der Waals surface area contributed by atoms with Crippen LogP contribution in [0.1, 0.15) is 38.2 Å². The Morgan fingerprint density at radius 2 is 2.19 bits per heavy atom. The molecule has 2 atom stereocenters. The topological polar surface area (TPSA) is 29.3 Å². The summed E-state index contributed by atoms with van der Waals surface area (Å²) in [6.07, 6.45) is 2.30. The highest BCUT2D eigenvalue weighted by Crippen LogP contribution is 2.38. The van der Waals surface area contributed by atoms with Crippen LogP contribution in [0.15, 0.2) is 24.3 Å². The number of nitrogens with zero attached hydrogens (tertiary/aromatic N) is 1. The third-order valence-electron chi connectivity index (χ3n) is 3.31. The Hall–Kier alpha value is -1.02. The molecule has 2 unspecified atom stereocenters. The molecule has 2 rings (SSSR count). The first kappa shape index (κ1) is 11.5. The molecule has 88 valence electrons. The number of benzene rings is 1. The monoisotopic (exact) mass is 218 g/mol. The minimum Gasteiger partial charge on any atom is -0.371 e. The standard InChI is InChI=1S/C14H22N2/c1-3-8-16-10-12(9-11(2)15)13-6-4-5-7-14(13)16/h4-7,11-12H,3,8-10,15H2,1-2H3. The van der Waals surface area contributed by atoms with Gasteiger partial charge < -0.3 is 10.6 Å². The van der Waals surface area contributed by atoms with Gasteiger partial charge in [-0.1, -0.05) is 25.1 Å². The highest BCUT2D eigenvalue weighted by molar-refractivity contribution is 5.60. The summed E-state index contributed by atoms with van der Waals surface area (Å²) in [6, 6.07) is 9.07. The first-order valence-electron chi connectivity index (χ1n) is 6.31. The van der Waals surface area contributed by atoms with Gasteiger partial charge >= 0.3 is 0 Å². The van der Waals surface area contributed by atoms with Crippen molar-refractivity contribution < 1.29 is 0 Å². The van der Waals surface area contributed by atoms with Crippen LogP contribution in [-0.4, -0.2) is 19.1 Å². The van der Waals surface area contributed by atoms with Crippen LogP contribution in [0.3, 0.4) is 0 Å². The molecule has 1 heterocycles. The van der Waals surface area contributed by atoms with E-state index in [-0.39, 0.29) is 0 Å². The van der Waals surface area contributed by atoms with Gasteiger partial charge in [-0.05, 0) is 31.4 Å². The third kappa shape index (κ3) is 2.22. The number of para-hydroxylation sites is 1. The Bertz CT molecular complexity index is 346. The molecule has 0 radical (unpaired) electrons. The molecule has 0 amide bonds. The lowest BCUT2D eigenvalue weighted by Crippen LogP contribution is -2.25. The van der Waals surface area contributed by atoms with Crippen molar-refractivity contribution in [2.45, 2.75) is 38.6 Å². The van der Waals surface area contributed by atoms with Gasteiger partial charge in [-0.15, -0.1) is 0 Å². The number of rotatable bonds is 4. The summed E-state index contributed by atoms with van der Waals surface area (Å²) in [7, 11) is 0.